The number of aliphatic carboxylic acids is 2. The quantitative estimate of drug-likeness (QED) is 0.501. The lowest BCUT2D eigenvalue weighted by atomic mass is 10.2. The average molecular weight is 293 g/mol. The van der Waals surface area contributed by atoms with E-state index in [0.29, 0.717) is 0 Å². The van der Waals surface area contributed by atoms with Crippen LogP contribution in [-0.2, 0) is 23.9 Å². The van der Waals surface area contributed by atoms with E-state index in [4.69, 9.17) is 10.2 Å². The SMILES string of the molecule is CC.CCOC(=O)C(=O)NC.O=C(O)CCCC(=O)O. The van der Waals surface area contributed by atoms with Crippen molar-refractivity contribution in [3.63, 3.8) is 0 Å². The summed E-state index contributed by atoms with van der Waals surface area (Å²) in [5.74, 6) is -3.44. The molecule has 0 fully saturated rings. The fourth-order valence-electron chi connectivity index (χ4n) is 0.690. The van der Waals surface area contributed by atoms with Gasteiger partial charge in [-0.25, -0.2) is 4.79 Å². The van der Waals surface area contributed by atoms with Gasteiger partial charge in [0.2, 0.25) is 0 Å². The minimum absolute atomic E-state index is 0.0632. The van der Waals surface area contributed by atoms with Gasteiger partial charge in [-0.05, 0) is 13.3 Å². The molecule has 0 atom stereocenters. The highest BCUT2D eigenvalue weighted by Gasteiger charge is 2.10. The van der Waals surface area contributed by atoms with Crippen LogP contribution in [-0.4, -0.2) is 47.7 Å². The Labute approximate surface area is 118 Å². The fraction of sp³-hybridized carbons (Fsp3) is 0.667. The van der Waals surface area contributed by atoms with E-state index in [1.165, 1.54) is 7.05 Å². The first-order valence-electron chi connectivity index (χ1n) is 6.17. The molecule has 0 saturated heterocycles. The number of carbonyl (C=O) groups excluding carboxylic acids is 2. The average Bonchev–Trinajstić information content (AvgIpc) is 2.40. The lowest BCUT2D eigenvalue weighted by Gasteiger charge is -1.97. The van der Waals surface area contributed by atoms with E-state index in [-0.39, 0.29) is 25.9 Å². The van der Waals surface area contributed by atoms with Crippen molar-refractivity contribution in [1.29, 1.82) is 0 Å². The summed E-state index contributed by atoms with van der Waals surface area (Å²) in [7, 11) is 1.37. The van der Waals surface area contributed by atoms with Gasteiger partial charge in [-0.1, -0.05) is 13.8 Å². The van der Waals surface area contributed by atoms with Crippen molar-refractivity contribution < 1.29 is 34.1 Å². The number of nitrogens with one attached hydrogen (secondary N) is 1. The van der Waals surface area contributed by atoms with E-state index in [2.05, 4.69) is 10.1 Å². The number of hydrogen-bond donors (Lipinski definition) is 3. The zero-order valence-corrected chi connectivity index (χ0v) is 12.3. The molecule has 0 saturated carbocycles. The maximum absolute atomic E-state index is 10.3. The molecule has 0 bridgehead atoms. The molecule has 0 aliphatic heterocycles. The Kier molecular flexibility index (Phi) is 19.4. The van der Waals surface area contributed by atoms with Crippen molar-refractivity contribution in [1.82, 2.24) is 5.32 Å². The van der Waals surface area contributed by atoms with Gasteiger partial charge in [-0.15, -0.1) is 0 Å². The van der Waals surface area contributed by atoms with Gasteiger partial charge in [0.1, 0.15) is 0 Å². The molecule has 0 rings (SSSR count). The summed E-state index contributed by atoms with van der Waals surface area (Å²) in [5.41, 5.74) is 0. The molecule has 8 heteroatoms. The standard InChI is InChI=1S/C5H9NO3.C5H8O4.C2H6/c1-3-9-5(8)4(7)6-2;6-4(7)2-1-3-5(8)9;1-2/h3H2,1-2H3,(H,6,7);1-3H2,(H,6,7)(H,8,9);1-2H3. The van der Waals surface area contributed by atoms with Crippen LogP contribution >= 0.6 is 0 Å². The highest BCUT2D eigenvalue weighted by Crippen LogP contribution is 1.93. The van der Waals surface area contributed by atoms with Crippen LogP contribution in [0.5, 0.6) is 0 Å². The largest absolute Gasteiger partial charge is 0.481 e. The molecule has 0 unspecified atom stereocenters. The van der Waals surface area contributed by atoms with Crippen LogP contribution in [0, 0.1) is 0 Å². The zero-order chi connectivity index (χ0) is 16.6. The van der Waals surface area contributed by atoms with E-state index >= 15 is 0 Å². The summed E-state index contributed by atoms with van der Waals surface area (Å²) in [6, 6.07) is 0. The summed E-state index contributed by atoms with van der Waals surface area (Å²) in [6.07, 6.45) is 0.0866. The summed E-state index contributed by atoms with van der Waals surface area (Å²) in [6.45, 7) is 5.87. The maximum Gasteiger partial charge on any atom is 0.396 e. The van der Waals surface area contributed by atoms with E-state index in [1.807, 2.05) is 13.8 Å². The van der Waals surface area contributed by atoms with Crippen molar-refractivity contribution in [2.24, 2.45) is 0 Å². The molecule has 8 nitrogen and oxygen atoms in total. The highest BCUT2D eigenvalue weighted by molar-refractivity contribution is 6.32. The predicted molar refractivity (Wildman–Crippen MR) is 71.2 cm³/mol. The number of rotatable bonds is 5. The first-order valence-corrected chi connectivity index (χ1v) is 6.17. The minimum atomic E-state index is -0.948. The van der Waals surface area contributed by atoms with Crippen LogP contribution < -0.4 is 5.32 Å². The minimum Gasteiger partial charge on any atom is -0.481 e. The van der Waals surface area contributed by atoms with Crippen LogP contribution in [0.2, 0.25) is 0 Å². The number of carboxylic acid groups (broad SMARTS) is 2. The van der Waals surface area contributed by atoms with E-state index in [9.17, 15) is 19.2 Å². The van der Waals surface area contributed by atoms with E-state index < -0.39 is 23.8 Å². The van der Waals surface area contributed by atoms with Gasteiger partial charge >= 0.3 is 23.8 Å². The molecule has 0 spiro atoms. The van der Waals surface area contributed by atoms with Gasteiger partial charge in [-0.2, -0.15) is 0 Å². The smallest absolute Gasteiger partial charge is 0.396 e. The van der Waals surface area contributed by atoms with Crippen molar-refractivity contribution >= 4 is 23.8 Å². The molecule has 1 amide bonds. The summed E-state index contributed by atoms with van der Waals surface area (Å²) in [5, 5.41) is 18.2. The van der Waals surface area contributed by atoms with Gasteiger partial charge in [-0.3, -0.25) is 14.4 Å². The normalized spacial score (nSPS) is 8.00. The molecule has 0 aliphatic rings. The summed E-state index contributed by atoms with van der Waals surface area (Å²) >= 11 is 0. The molecular weight excluding hydrogens is 270 g/mol. The Morgan fingerprint density at radius 1 is 1.00 bits per heavy atom. The third kappa shape index (κ3) is 21.2. The predicted octanol–water partition coefficient (Wildman–Crippen LogP) is 0.648. The molecule has 0 heterocycles. The monoisotopic (exact) mass is 293 g/mol. The summed E-state index contributed by atoms with van der Waals surface area (Å²) < 4.78 is 4.34. The third-order valence-electron chi connectivity index (χ3n) is 1.47. The number of likely N-dealkylation sites (N-methyl/N-ethyl adjacent to an activating group) is 1. The van der Waals surface area contributed by atoms with Gasteiger partial charge in [0.25, 0.3) is 0 Å². The highest BCUT2D eigenvalue weighted by atomic mass is 16.5. The molecule has 118 valence electrons. The molecule has 20 heavy (non-hydrogen) atoms. The lowest BCUT2D eigenvalue weighted by molar-refractivity contribution is -0.154. The Balaban J connectivity index is -0.000000257. The van der Waals surface area contributed by atoms with Crippen LogP contribution in [0.25, 0.3) is 0 Å². The maximum atomic E-state index is 10.3. The topological polar surface area (TPSA) is 130 Å². The number of esters is 1. The van der Waals surface area contributed by atoms with Crippen molar-refractivity contribution in [2.75, 3.05) is 13.7 Å². The molecular formula is C12H23NO7. The van der Waals surface area contributed by atoms with Gasteiger partial charge in [0, 0.05) is 19.9 Å². The van der Waals surface area contributed by atoms with Crippen LogP contribution in [0.1, 0.15) is 40.0 Å². The van der Waals surface area contributed by atoms with E-state index in [0.717, 1.165) is 0 Å². The molecule has 3 N–H and O–H groups in total. The molecule has 0 aromatic carbocycles. The molecule has 0 radical (unpaired) electrons. The third-order valence-corrected chi connectivity index (χ3v) is 1.47. The molecule has 0 aromatic rings. The second kappa shape index (κ2) is 16.9. The lowest BCUT2D eigenvalue weighted by Crippen LogP contribution is -2.29. The Morgan fingerprint density at radius 3 is 1.65 bits per heavy atom. The number of amides is 1. The van der Waals surface area contributed by atoms with Crippen molar-refractivity contribution in [3.8, 4) is 0 Å². The number of hydrogen-bond acceptors (Lipinski definition) is 5. The van der Waals surface area contributed by atoms with Crippen LogP contribution in [0.4, 0.5) is 0 Å². The molecule has 0 aliphatic carbocycles. The van der Waals surface area contributed by atoms with Gasteiger partial charge < -0.3 is 20.3 Å². The number of carbonyl (C=O) groups is 4. The summed E-state index contributed by atoms with van der Waals surface area (Å²) in [4.78, 5) is 40.2. The first-order chi connectivity index (χ1) is 9.34. The fourth-order valence-corrected chi connectivity index (χ4v) is 0.690. The number of ether oxygens (including phenoxy) is 1. The molecule has 0 aromatic heterocycles. The second-order valence-electron chi connectivity index (χ2n) is 2.94. The first kappa shape index (κ1) is 23.0. The Bertz CT molecular complexity index is 288. The Morgan fingerprint density at radius 2 is 1.40 bits per heavy atom. The zero-order valence-electron chi connectivity index (χ0n) is 12.3. The van der Waals surface area contributed by atoms with Crippen LogP contribution in [0.3, 0.4) is 0 Å². The van der Waals surface area contributed by atoms with Crippen LogP contribution in [0.15, 0.2) is 0 Å². The van der Waals surface area contributed by atoms with Crippen molar-refractivity contribution in [3.05, 3.63) is 0 Å². The Hall–Kier alpha value is -2.12. The van der Waals surface area contributed by atoms with Gasteiger partial charge in [0.05, 0.1) is 6.61 Å². The second-order valence-corrected chi connectivity index (χ2v) is 2.94. The van der Waals surface area contributed by atoms with E-state index in [1.54, 1.807) is 6.92 Å². The van der Waals surface area contributed by atoms with Crippen molar-refractivity contribution in [2.45, 2.75) is 40.0 Å². The van der Waals surface area contributed by atoms with Gasteiger partial charge in [0.15, 0.2) is 0 Å². The number of carboxylic acids is 2.